The summed E-state index contributed by atoms with van der Waals surface area (Å²) >= 11 is 0. The summed E-state index contributed by atoms with van der Waals surface area (Å²) < 4.78 is 38.1. The Balaban J connectivity index is 1.39. The second-order valence-corrected chi connectivity index (χ2v) is 8.69. The van der Waals surface area contributed by atoms with E-state index in [0.717, 1.165) is 11.3 Å². The molecule has 0 unspecified atom stereocenters. The molecule has 9 heteroatoms. The van der Waals surface area contributed by atoms with Crippen LogP contribution in [0, 0.1) is 13.8 Å². The van der Waals surface area contributed by atoms with Crippen molar-refractivity contribution in [3.05, 3.63) is 53.9 Å². The lowest BCUT2D eigenvalue weighted by Gasteiger charge is -2.33. The molecule has 0 spiro atoms. The van der Waals surface area contributed by atoms with Gasteiger partial charge in [-0.25, -0.2) is 13.4 Å². The first kappa shape index (κ1) is 18.9. The van der Waals surface area contributed by atoms with Gasteiger partial charge in [-0.05, 0) is 13.8 Å². The van der Waals surface area contributed by atoms with Crippen molar-refractivity contribution in [1.29, 1.82) is 0 Å². The fourth-order valence-electron chi connectivity index (χ4n) is 3.41. The summed E-state index contributed by atoms with van der Waals surface area (Å²) in [5.41, 5.74) is 1.38. The first-order valence-corrected chi connectivity index (χ1v) is 10.5. The molecule has 1 fully saturated rings. The summed E-state index contributed by atoms with van der Waals surface area (Å²) in [7, 11) is -3.60. The lowest BCUT2D eigenvalue weighted by Crippen LogP contribution is -2.48. The molecule has 4 rings (SSSR count). The summed E-state index contributed by atoms with van der Waals surface area (Å²) in [5.74, 6) is 1.68. The highest BCUT2D eigenvalue weighted by Crippen LogP contribution is 2.25. The van der Waals surface area contributed by atoms with Crippen LogP contribution in [0.15, 0.2) is 50.4 Å². The standard InChI is InChI=1S/C19H22N4O4S/c1-14-19(15(2)27-21-14)28(24,25)23-10-8-22(9-11-23)13-18-20-12-17(26-18)16-6-4-3-5-7-16/h3-7,12H,8-11,13H2,1-2H3. The van der Waals surface area contributed by atoms with Crippen LogP contribution in [0.2, 0.25) is 0 Å². The van der Waals surface area contributed by atoms with Crippen LogP contribution in [0.25, 0.3) is 11.3 Å². The van der Waals surface area contributed by atoms with E-state index in [1.54, 1.807) is 20.0 Å². The van der Waals surface area contributed by atoms with Crippen LogP contribution in [-0.4, -0.2) is 53.9 Å². The number of sulfonamides is 1. The van der Waals surface area contributed by atoms with Gasteiger partial charge in [0.25, 0.3) is 0 Å². The SMILES string of the molecule is Cc1noc(C)c1S(=O)(=O)N1CCN(Cc2ncc(-c3ccccc3)o2)CC1. The molecule has 28 heavy (non-hydrogen) atoms. The van der Waals surface area contributed by atoms with Crippen molar-refractivity contribution in [3.63, 3.8) is 0 Å². The van der Waals surface area contributed by atoms with Gasteiger partial charge in [-0.15, -0.1) is 0 Å². The number of hydrogen-bond donors (Lipinski definition) is 0. The van der Waals surface area contributed by atoms with E-state index in [2.05, 4.69) is 15.0 Å². The number of aromatic nitrogens is 2. The molecule has 0 saturated carbocycles. The third-order valence-corrected chi connectivity index (χ3v) is 7.01. The molecule has 0 bridgehead atoms. The van der Waals surface area contributed by atoms with Crippen molar-refractivity contribution in [3.8, 4) is 11.3 Å². The van der Waals surface area contributed by atoms with E-state index in [4.69, 9.17) is 8.94 Å². The van der Waals surface area contributed by atoms with Gasteiger partial charge in [0, 0.05) is 31.7 Å². The van der Waals surface area contributed by atoms with Crippen molar-refractivity contribution >= 4 is 10.0 Å². The van der Waals surface area contributed by atoms with Gasteiger partial charge in [0.15, 0.2) is 11.5 Å². The predicted octanol–water partition coefficient (Wildman–Crippen LogP) is 2.45. The smallest absolute Gasteiger partial charge is 0.248 e. The van der Waals surface area contributed by atoms with Crippen LogP contribution in [0.5, 0.6) is 0 Å². The number of nitrogens with zero attached hydrogens (tertiary/aromatic N) is 4. The van der Waals surface area contributed by atoms with Gasteiger partial charge in [0.05, 0.1) is 12.7 Å². The molecule has 8 nitrogen and oxygen atoms in total. The summed E-state index contributed by atoms with van der Waals surface area (Å²) in [4.78, 5) is 6.68. The average molecular weight is 402 g/mol. The van der Waals surface area contributed by atoms with E-state index in [9.17, 15) is 8.42 Å². The van der Waals surface area contributed by atoms with Crippen molar-refractivity contribution < 1.29 is 17.4 Å². The normalized spacial score (nSPS) is 16.5. The molecule has 1 aliphatic rings. The largest absolute Gasteiger partial charge is 0.439 e. The van der Waals surface area contributed by atoms with Gasteiger partial charge >= 0.3 is 0 Å². The van der Waals surface area contributed by atoms with Gasteiger partial charge in [0.2, 0.25) is 15.9 Å². The van der Waals surface area contributed by atoms with Gasteiger partial charge < -0.3 is 8.94 Å². The Morgan fingerprint density at radius 3 is 2.43 bits per heavy atom. The highest BCUT2D eigenvalue weighted by Gasteiger charge is 2.33. The second kappa shape index (κ2) is 7.50. The Hall–Kier alpha value is -2.49. The highest BCUT2D eigenvalue weighted by molar-refractivity contribution is 7.89. The summed E-state index contributed by atoms with van der Waals surface area (Å²) in [6.07, 6.45) is 1.73. The quantitative estimate of drug-likeness (QED) is 0.647. The van der Waals surface area contributed by atoms with E-state index < -0.39 is 10.0 Å². The third kappa shape index (κ3) is 3.60. The Bertz CT molecular complexity index is 1030. The second-order valence-electron chi connectivity index (χ2n) is 6.82. The molecule has 3 aromatic rings. The minimum atomic E-state index is -3.60. The van der Waals surface area contributed by atoms with E-state index >= 15 is 0 Å². The van der Waals surface area contributed by atoms with Crippen LogP contribution < -0.4 is 0 Å². The number of oxazole rings is 1. The highest BCUT2D eigenvalue weighted by atomic mass is 32.2. The molecule has 1 aromatic carbocycles. The maximum atomic E-state index is 12.9. The van der Waals surface area contributed by atoms with Gasteiger partial charge in [-0.2, -0.15) is 4.31 Å². The lowest BCUT2D eigenvalue weighted by atomic mass is 10.2. The van der Waals surface area contributed by atoms with Gasteiger partial charge in [0.1, 0.15) is 10.6 Å². The molecule has 0 N–H and O–H groups in total. The van der Waals surface area contributed by atoms with E-state index in [0.29, 0.717) is 50.1 Å². The van der Waals surface area contributed by atoms with Crippen molar-refractivity contribution in [1.82, 2.24) is 19.3 Å². The van der Waals surface area contributed by atoms with Crippen molar-refractivity contribution in [2.45, 2.75) is 25.3 Å². The summed E-state index contributed by atoms with van der Waals surface area (Å²) in [6, 6.07) is 9.81. The zero-order valence-corrected chi connectivity index (χ0v) is 16.6. The van der Waals surface area contributed by atoms with Crippen LogP contribution in [0.1, 0.15) is 17.3 Å². The Morgan fingerprint density at radius 2 is 1.79 bits per heavy atom. The molecule has 0 aliphatic carbocycles. The number of rotatable bonds is 5. The van der Waals surface area contributed by atoms with Crippen molar-refractivity contribution in [2.24, 2.45) is 0 Å². The zero-order valence-electron chi connectivity index (χ0n) is 15.8. The summed E-state index contributed by atoms with van der Waals surface area (Å²) in [6.45, 7) is 5.82. The maximum absolute atomic E-state index is 12.9. The van der Waals surface area contributed by atoms with E-state index in [1.165, 1.54) is 4.31 Å². The zero-order chi connectivity index (χ0) is 19.7. The van der Waals surface area contributed by atoms with Crippen LogP contribution >= 0.6 is 0 Å². The number of piperazine rings is 1. The lowest BCUT2D eigenvalue weighted by molar-refractivity contribution is 0.168. The summed E-state index contributed by atoms with van der Waals surface area (Å²) in [5, 5.41) is 3.76. The number of benzene rings is 1. The van der Waals surface area contributed by atoms with Gasteiger partial charge in [-0.3, -0.25) is 4.90 Å². The number of hydrogen-bond acceptors (Lipinski definition) is 7. The first-order chi connectivity index (χ1) is 13.4. The molecule has 0 atom stereocenters. The fraction of sp³-hybridized carbons (Fsp3) is 0.368. The molecule has 0 radical (unpaired) electrons. The third-order valence-electron chi connectivity index (χ3n) is 4.87. The molecule has 148 valence electrons. The topological polar surface area (TPSA) is 92.7 Å². The molecule has 3 heterocycles. The number of aryl methyl sites for hydroxylation is 2. The molecule has 0 amide bonds. The monoisotopic (exact) mass is 402 g/mol. The van der Waals surface area contributed by atoms with Gasteiger partial charge in [-0.1, -0.05) is 35.5 Å². The molecule has 1 aliphatic heterocycles. The molecule has 2 aromatic heterocycles. The first-order valence-electron chi connectivity index (χ1n) is 9.10. The van der Waals surface area contributed by atoms with Crippen LogP contribution in [0.4, 0.5) is 0 Å². The van der Waals surface area contributed by atoms with E-state index in [1.807, 2.05) is 30.3 Å². The Kier molecular flexibility index (Phi) is 5.05. The van der Waals surface area contributed by atoms with Crippen LogP contribution in [-0.2, 0) is 16.6 Å². The maximum Gasteiger partial charge on any atom is 0.248 e. The van der Waals surface area contributed by atoms with Crippen molar-refractivity contribution in [2.75, 3.05) is 26.2 Å². The van der Waals surface area contributed by atoms with Crippen LogP contribution in [0.3, 0.4) is 0 Å². The predicted molar refractivity (Wildman–Crippen MR) is 102 cm³/mol. The molecule has 1 saturated heterocycles. The van der Waals surface area contributed by atoms with E-state index in [-0.39, 0.29) is 4.90 Å². The average Bonchev–Trinajstić information content (AvgIpc) is 3.29. The minimum Gasteiger partial charge on any atom is -0.439 e. The molecular weight excluding hydrogens is 380 g/mol. The minimum absolute atomic E-state index is 0.182. The Morgan fingerprint density at radius 1 is 1.07 bits per heavy atom. The molecular formula is C19H22N4O4S. The fourth-order valence-corrected chi connectivity index (χ4v) is 5.12. The Labute approximate surface area is 163 Å².